The van der Waals surface area contributed by atoms with E-state index < -0.39 is 0 Å². The monoisotopic (exact) mass is 235 g/mol. The first-order valence-electron chi connectivity index (χ1n) is 4.93. The van der Waals surface area contributed by atoms with Crippen LogP contribution in [0.4, 0.5) is 10.1 Å². The van der Waals surface area contributed by atoms with Crippen molar-refractivity contribution in [2.75, 3.05) is 5.73 Å². The summed E-state index contributed by atoms with van der Waals surface area (Å²) < 4.78 is 12.7. The highest BCUT2D eigenvalue weighted by molar-refractivity contribution is 6.33. The van der Waals surface area contributed by atoms with Crippen molar-refractivity contribution in [2.24, 2.45) is 0 Å². The Labute approximate surface area is 98.7 Å². The Bertz CT molecular complexity index is 494. The van der Waals surface area contributed by atoms with Crippen LogP contribution in [0.1, 0.15) is 11.1 Å². The molecule has 0 unspecified atom stereocenters. The largest absolute Gasteiger partial charge is 0.398 e. The van der Waals surface area contributed by atoms with Crippen molar-refractivity contribution < 1.29 is 4.39 Å². The van der Waals surface area contributed by atoms with Crippen LogP contribution in [0.2, 0.25) is 5.02 Å². The lowest BCUT2D eigenvalue weighted by Gasteiger charge is -2.04. The SMILES string of the molecule is Nc1cc(Cc2ccc(F)cc2)ccc1Cl. The highest BCUT2D eigenvalue weighted by Gasteiger charge is 2.00. The van der Waals surface area contributed by atoms with Crippen LogP contribution >= 0.6 is 11.6 Å². The molecule has 0 aromatic heterocycles. The number of halogens is 2. The summed E-state index contributed by atoms with van der Waals surface area (Å²) >= 11 is 5.83. The Balaban J connectivity index is 2.20. The van der Waals surface area contributed by atoms with E-state index in [4.69, 9.17) is 17.3 Å². The Morgan fingerprint density at radius 1 is 1.00 bits per heavy atom. The molecule has 0 amide bonds. The Morgan fingerprint density at radius 2 is 1.62 bits per heavy atom. The maximum Gasteiger partial charge on any atom is 0.123 e. The van der Waals surface area contributed by atoms with Crippen molar-refractivity contribution in [2.45, 2.75) is 6.42 Å². The van der Waals surface area contributed by atoms with Crippen molar-refractivity contribution in [3.05, 3.63) is 64.4 Å². The number of nitrogen functional groups attached to an aromatic ring is 1. The predicted molar refractivity (Wildman–Crippen MR) is 65.1 cm³/mol. The van der Waals surface area contributed by atoms with E-state index in [0.717, 1.165) is 17.5 Å². The van der Waals surface area contributed by atoms with Crippen LogP contribution in [0.25, 0.3) is 0 Å². The minimum Gasteiger partial charge on any atom is -0.398 e. The van der Waals surface area contributed by atoms with Gasteiger partial charge in [0.15, 0.2) is 0 Å². The summed E-state index contributed by atoms with van der Waals surface area (Å²) in [5.41, 5.74) is 8.39. The molecule has 2 rings (SSSR count). The first kappa shape index (κ1) is 11.0. The average Bonchev–Trinajstić information content (AvgIpc) is 2.27. The first-order chi connectivity index (χ1) is 7.65. The first-order valence-corrected chi connectivity index (χ1v) is 5.31. The number of hydrogen-bond acceptors (Lipinski definition) is 1. The molecular weight excluding hydrogens is 225 g/mol. The Kier molecular flexibility index (Phi) is 3.11. The van der Waals surface area contributed by atoms with E-state index in [0.29, 0.717) is 10.7 Å². The molecule has 0 aliphatic heterocycles. The number of hydrogen-bond donors (Lipinski definition) is 1. The van der Waals surface area contributed by atoms with Crippen molar-refractivity contribution in [3.8, 4) is 0 Å². The lowest BCUT2D eigenvalue weighted by Crippen LogP contribution is -1.92. The van der Waals surface area contributed by atoms with Gasteiger partial charge in [0, 0.05) is 0 Å². The third-order valence-corrected chi connectivity index (χ3v) is 2.73. The molecule has 0 aliphatic rings. The highest BCUT2D eigenvalue weighted by atomic mass is 35.5. The Hall–Kier alpha value is -1.54. The van der Waals surface area contributed by atoms with Crippen LogP contribution in [-0.4, -0.2) is 0 Å². The van der Waals surface area contributed by atoms with Gasteiger partial charge >= 0.3 is 0 Å². The van der Waals surface area contributed by atoms with Gasteiger partial charge in [-0.1, -0.05) is 29.8 Å². The molecule has 0 saturated heterocycles. The number of benzene rings is 2. The minimum atomic E-state index is -0.223. The molecule has 0 radical (unpaired) electrons. The predicted octanol–water partition coefficient (Wildman–Crippen LogP) is 3.65. The smallest absolute Gasteiger partial charge is 0.123 e. The summed E-state index contributed by atoms with van der Waals surface area (Å²) in [6, 6.07) is 12.0. The van der Waals surface area contributed by atoms with Gasteiger partial charge in [-0.15, -0.1) is 0 Å². The molecule has 0 fully saturated rings. The number of nitrogens with two attached hydrogens (primary N) is 1. The second-order valence-corrected chi connectivity index (χ2v) is 4.07. The van der Waals surface area contributed by atoms with E-state index in [1.165, 1.54) is 12.1 Å². The quantitative estimate of drug-likeness (QED) is 0.790. The van der Waals surface area contributed by atoms with Gasteiger partial charge in [-0.2, -0.15) is 0 Å². The standard InChI is InChI=1S/C13H11ClFN/c14-12-6-3-10(8-13(12)16)7-9-1-4-11(15)5-2-9/h1-6,8H,7,16H2. The molecule has 0 saturated carbocycles. The van der Waals surface area contributed by atoms with Crippen molar-refractivity contribution in [1.29, 1.82) is 0 Å². The molecule has 0 spiro atoms. The molecule has 3 heteroatoms. The summed E-state index contributed by atoms with van der Waals surface area (Å²) in [5, 5.41) is 0.558. The van der Waals surface area contributed by atoms with Crippen LogP contribution in [0, 0.1) is 5.82 Å². The molecular formula is C13H11ClFN. The molecule has 0 heterocycles. The van der Waals surface area contributed by atoms with Crippen molar-refractivity contribution >= 4 is 17.3 Å². The van der Waals surface area contributed by atoms with Gasteiger partial charge in [-0.05, 0) is 41.8 Å². The number of anilines is 1. The molecule has 2 aromatic rings. The lowest BCUT2D eigenvalue weighted by atomic mass is 10.0. The number of rotatable bonds is 2. The third-order valence-electron chi connectivity index (χ3n) is 2.38. The molecule has 0 atom stereocenters. The normalized spacial score (nSPS) is 10.4. The molecule has 16 heavy (non-hydrogen) atoms. The van der Waals surface area contributed by atoms with Gasteiger partial charge in [-0.3, -0.25) is 0 Å². The van der Waals surface area contributed by atoms with Gasteiger partial charge in [0.2, 0.25) is 0 Å². The van der Waals surface area contributed by atoms with Crippen LogP contribution in [0.5, 0.6) is 0 Å². The zero-order valence-corrected chi connectivity index (χ0v) is 9.34. The lowest BCUT2D eigenvalue weighted by molar-refractivity contribution is 0.627. The van der Waals surface area contributed by atoms with E-state index in [-0.39, 0.29) is 5.82 Å². The molecule has 2 N–H and O–H groups in total. The average molecular weight is 236 g/mol. The summed E-state index contributed by atoms with van der Waals surface area (Å²) in [5.74, 6) is -0.223. The van der Waals surface area contributed by atoms with Crippen molar-refractivity contribution in [1.82, 2.24) is 0 Å². The van der Waals surface area contributed by atoms with Crippen molar-refractivity contribution in [3.63, 3.8) is 0 Å². The minimum absolute atomic E-state index is 0.223. The molecule has 0 bridgehead atoms. The summed E-state index contributed by atoms with van der Waals surface area (Å²) in [6.45, 7) is 0. The summed E-state index contributed by atoms with van der Waals surface area (Å²) in [4.78, 5) is 0. The van der Waals surface area contributed by atoms with E-state index in [1.807, 2.05) is 12.1 Å². The topological polar surface area (TPSA) is 26.0 Å². The zero-order chi connectivity index (χ0) is 11.5. The van der Waals surface area contributed by atoms with E-state index >= 15 is 0 Å². The van der Waals surface area contributed by atoms with Crippen LogP contribution in [0.3, 0.4) is 0 Å². The van der Waals surface area contributed by atoms with Gasteiger partial charge in [0.05, 0.1) is 10.7 Å². The second kappa shape index (κ2) is 4.54. The van der Waals surface area contributed by atoms with Gasteiger partial charge in [-0.25, -0.2) is 4.39 Å². The fourth-order valence-electron chi connectivity index (χ4n) is 1.54. The fourth-order valence-corrected chi connectivity index (χ4v) is 1.66. The third kappa shape index (κ3) is 2.52. The molecule has 2 aromatic carbocycles. The Morgan fingerprint density at radius 3 is 2.25 bits per heavy atom. The van der Waals surface area contributed by atoms with E-state index in [2.05, 4.69) is 0 Å². The van der Waals surface area contributed by atoms with Gasteiger partial charge in [0.25, 0.3) is 0 Å². The fraction of sp³-hybridized carbons (Fsp3) is 0.0769. The maximum absolute atomic E-state index is 12.7. The maximum atomic E-state index is 12.7. The zero-order valence-electron chi connectivity index (χ0n) is 8.58. The van der Waals surface area contributed by atoms with Gasteiger partial charge in [0.1, 0.15) is 5.82 Å². The summed E-state index contributed by atoms with van der Waals surface area (Å²) in [6.07, 6.45) is 0.724. The second-order valence-electron chi connectivity index (χ2n) is 3.66. The van der Waals surface area contributed by atoms with Crippen LogP contribution in [-0.2, 0) is 6.42 Å². The molecule has 1 nitrogen and oxygen atoms in total. The van der Waals surface area contributed by atoms with Crippen LogP contribution < -0.4 is 5.73 Å². The van der Waals surface area contributed by atoms with E-state index in [1.54, 1.807) is 18.2 Å². The van der Waals surface area contributed by atoms with E-state index in [9.17, 15) is 4.39 Å². The molecule has 82 valence electrons. The van der Waals surface area contributed by atoms with Gasteiger partial charge < -0.3 is 5.73 Å². The molecule has 0 aliphatic carbocycles. The van der Waals surface area contributed by atoms with Crippen LogP contribution in [0.15, 0.2) is 42.5 Å². The summed E-state index contributed by atoms with van der Waals surface area (Å²) in [7, 11) is 0. The highest BCUT2D eigenvalue weighted by Crippen LogP contribution is 2.21.